The molecule has 0 bridgehead atoms. The monoisotopic (exact) mass is 588 g/mol. The highest BCUT2D eigenvalue weighted by molar-refractivity contribution is 7.87. The van der Waals surface area contributed by atoms with Crippen molar-refractivity contribution in [3.05, 3.63) is 108 Å². The molecule has 0 atom stereocenters. The molecule has 12 heteroatoms. The summed E-state index contributed by atoms with van der Waals surface area (Å²) < 4.78 is 93.0. The number of hydrogen-bond donors (Lipinski definition) is 0. The van der Waals surface area contributed by atoms with Gasteiger partial charge in [-0.3, -0.25) is 0 Å². The SMILES string of the molecule is Cc1ccc(S(=O)(=O)Oc2ccc(OS(=O)(=O)c3ccc(C)cc3)c(OS(=O)(=O)c3ccc(C)cc3)c2)cc1. The van der Waals surface area contributed by atoms with Crippen LogP contribution in [0.1, 0.15) is 16.7 Å². The van der Waals surface area contributed by atoms with Gasteiger partial charge in [-0.15, -0.1) is 0 Å². The fourth-order valence-corrected chi connectivity index (χ4v) is 6.09. The first-order valence-corrected chi connectivity index (χ1v) is 15.7. The van der Waals surface area contributed by atoms with Crippen LogP contribution >= 0.6 is 0 Å². The van der Waals surface area contributed by atoms with Crippen LogP contribution in [0.3, 0.4) is 0 Å². The summed E-state index contributed by atoms with van der Waals surface area (Å²) in [5, 5.41) is 0. The Bertz CT molecular complexity index is 1810. The Morgan fingerprint density at radius 3 is 1.13 bits per heavy atom. The fourth-order valence-electron chi connectivity index (χ4n) is 3.30. The molecule has 9 nitrogen and oxygen atoms in total. The lowest BCUT2D eigenvalue weighted by atomic mass is 10.2. The molecule has 0 saturated carbocycles. The lowest BCUT2D eigenvalue weighted by molar-refractivity contribution is 0.445. The summed E-state index contributed by atoms with van der Waals surface area (Å²) in [5.41, 5.74) is 2.46. The average Bonchev–Trinajstić information content (AvgIpc) is 2.86. The zero-order chi connectivity index (χ0) is 28.4. The standard InChI is InChI=1S/C27H24O9S3/c1-19-4-11-23(12-5-19)37(28,29)34-22-10-17-26(35-38(30,31)24-13-6-20(2)7-14-24)27(18-22)36-39(32,33)25-15-8-21(3)9-16-25/h4-18H,1-3H3. The number of benzene rings is 4. The van der Waals surface area contributed by atoms with Crippen LogP contribution in [0.5, 0.6) is 17.2 Å². The lowest BCUT2D eigenvalue weighted by Gasteiger charge is -2.15. The van der Waals surface area contributed by atoms with Crippen molar-refractivity contribution < 1.29 is 37.8 Å². The second-order valence-corrected chi connectivity index (χ2v) is 13.3. The molecular formula is C27H24O9S3. The first kappa shape index (κ1) is 28.1. The maximum Gasteiger partial charge on any atom is 0.339 e. The van der Waals surface area contributed by atoms with Gasteiger partial charge in [0.05, 0.1) is 0 Å². The van der Waals surface area contributed by atoms with Crippen molar-refractivity contribution in [2.45, 2.75) is 35.5 Å². The predicted molar refractivity (Wildman–Crippen MR) is 143 cm³/mol. The lowest BCUT2D eigenvalue weighted by Crippen LogP contribution is -2.14. The Balaban J connectivity index is 1.74. The highest BCUT2D eigenvalue weighted by Gasteiger charge is 2.25. The van der Waals surface area contributed by atoms with Gasteiger partial charge in [0.15, 0.2) is 11.5 Å². The van der Waals surface area contributed by atoms with Crippen LogP contribution in [-0.4, -0.2) is 25.3 Å². The first-order chi connectivity index (χ1) is 18.2. The zero-order valence-electron chi connectivity index (χ0n) is 21.1. The molecule has 4 aromatic rings. The van der Waals surface area contributed by atoms with Crippen LogP contribution < -0.4 is 12.5 Å². The molecule has 0 unspecified atom stereocenters. The second kappa shape index (κ2) is 10.7. The smallest absolute Gasteiger partial charge is 0.339 e. The second-order valence-electron chi connectivity index (χ2n) is 8.66. The van der Waals surface area contributed by atoms with Crippen LogP contribution in [0.25, 0.3) is 0 Å². The van der Waals surface area contributed by atoms with Crippen LogP contribution in [-0.2, 0) is 30.4 Å². The van der Waals surface area contributed by atoms with Gasteiger partial charge in [0, 0.05) is 6.07 Å². The first-order valence-electron chi connectivity index (χ1n) is 11.4. The van der Waals surface area contributed by atoms with E-state index in [1.165, 1.54) is 36.4 Å². The van der Waals surface area contributed by atoms with Crippen molar-refractivity contribution in [1.82, 2.24) is 0 Å². The molecule has 0 fully saturated rings. The Kier molecular flexibility index (Phi) is 7.73. The minimum absolute atomic E-state index is 0.134. The molecule has 0 N–H and O–H groups in total. The van der Waals surface area contributed by atoms with Crippen molar-refractivity contribution in [2.24, 2.45) is 0 Å². The molecule has 4 rings (SSSR count). The molecule has 204 valence electrons. The Morgan fingerprint density at radius 1 is 0.410 bits per heavy atom. The van der Waals surface area contributed by atoms with E-state index in [0.29, 0.717) is 0 Å². The molecule has 0 aliphatic heterocycles. The molecule has 0 aliphatic carbocycles. The average molecular weight is 589 g/mol. The van der Waals surface area contributed by atoms with E-state index in [-0.39, 0.29) is 20.4 Å². The third-order valence-corrected chi connectivity index (χ3v) is 9.21. The maximum atomic E-state index is 13.0. The molecule has 4 aromatic carbocycles. The maximum absolute atomic E-state index is 13.0. The highest BCUT2D eigenvalue weighted by Crippen LogP contribution is 2.36. The molecule has 0 aliphatic rings. The molecular weight excluding hydrogens is 564 g/mol. The van der Waals surface area contributed by atoms with Crippen molar-refractivity contribution in [3.8, 4) is 17.2 Å². The van der Waals surface area contributed by atoms with E-state index in [9.17, 15) is 25.3 Å². The summed E-state index contributed by atoms with van der Waals surface area (Å²) in [6, 6.07) is 20.5. The highest BCUT2D eigenvalue weighted by atomic mass is 32.2. The normalized spacial score (nSPS) is 12.1. The van der Waals surface area contributed by atoms with Gasteiger partial charge in [-0.2, -0.15) is 25.3 Å². The topological polar surface area (TPSA) is 130 Å². The fraction of sp³-hybridized carbons (Fsp3) is 0.111. The van der Waals surface area contributed by atoms with E-state index < -0.39 is 41.9 Å². The minimum atomic E-state index is -4.48. The summed E-state index contributed by atoms with van der Waals surface area (Å²) in [6.07, 6.45) is 0. The molecule has 0 heterocycles. The van der Waals surface area contributed by atoms with Gasteiger partial charge in [-0.25, -0.2) is 0 Å². The number of hydrogen-bond acceptors (Lipinski definition) is 9. The molecule has 0 aromatic heterocycles. The van der Waals surface area contributed by atoms with Crippen LogP contribution in [0, 0.1) is 20.8 Å². The van der Waals surface area contributed by atoms with Crippen molar-refractivity contribution in [2.75, 3.05) is 0 Å². The van der Waals surface area contributed by atoms with Gasteiger partial charge < -0.3 is 12.5 Å². The van der Waals surface area contributed by atoms with Crippen molar-refractivity contribution in [1.29, 1.82) is 0 Å². The summed E-state index contributed by atoms with van der Waals surface area (Å²) in [4.78, 5) is -0.521. The summed E-state index contributed by atoms with van der Waals surface area (Å²) in [5.74, 6) is -1.42. The molecule has 0 saturated heterocycles. The molecule has 0 spiro atoms. The Morgan fingerprint density at radius 2 is 0.744 bits per heavy atom. The van der Waals surface area contributed by atoms with Gasteiger partial charge in [-0.1, -0.05) is 53.1 Å². The van der Waals surface area contributed by atoms with Crippen molar-refractivity contribution >= 4 is 30.4 Å². The van der Waals surface area contributed by atoms with Crippen LogP contribution in [0.2, 0.25) is 0 Å². The van der Waals surface area contributed by atoms with Crippen LogP contribution in [0.4, 0.5) is 0 Å². The van der Waals surface area contributed by atoms with E-state index in [1.807, 2.05) is 0 Å². The van der Waals surface area contributed by atoms with E-state index >= 15 is 0 Å². The van der Waals surface area contributed by atoms with E-state index in [0.717, 1.165) is 34.9 Å². The molecule has 0 amide bonds. The Hall–Kier alpha value is -3.87. The van der Waals surface area contributed by atoms with Gasteiger partial charge in [0.25, 0.3) is 0 Å². The number of aryl methyl sites for hydroxylation is 3. The summed E-state index contributed by atoms with van der Waals surface area (Å²) in [7, 11) is -13.2. The minimum Gasteiger partial charge on any atom is -0.379 e. The molecule has 0 radical (unpaired) electrons. The predicted octanol–water partition coefficient (Wildman–Crippen LogP) is 4.91. The van der Waals surface area contributed by atoms with E-state index in [1.54, 1.807) is 57.2 Å². The number of rotatable bonds is 9. The van der Waals surface area contributed by atoms with Gasteiger partial charge >= 0.3 is 30.4 Å². The van der Waals surface area contributed by atoms with E-state index in [4.69, 9.17) is 12.5 Å². The van der Waals surface area contributed by atoms with Crippen LogP contribution in [0.15, 0.2) is 106 Å². The third-order valence-electron chi connectivity index (χ3n) is 5.45. The van der Waals surface area contributed by atoms with Gasteiger partial charge in [0.1, 0.15) is 20.4 Å². The Labute approximate surface area is 228 Å². The largest absolute Gasteiger partial charge is 0.379 e. The van der Waals surface area contributed by atoms with Gasteiger partial charge in [-0.05, 0) is 69.3 Å². The molecule has 39 heavy (non-hydrogen) atoms. The van der Waals surface area contributed by atoms with E-state index in [2.05, 4.69) is 0 Å². The van der Waals surface area contributed by atoms with Gasteiger partial charge in [0.2, 0.25) is 0 Å². The quantitative estimate of drug-likeness (QED) is 0.250. The summed E-state index contributed by atoms with van der Waals surface area (Å²) >= 11 is 0. The summed E-state index contributed by atoms with van der Waals surface area (Å²) in [6.45, 7) is 5.34. The van der Waals surface area contributed by atoms with Crippen molar-refractivity contribution in [3.63, 3.8) is 0 Å². The third kappa shape index (κ3) is 6.77. The zero-order valence-corrected chi connectivity index (χ0v) is 23.5.